The van der Waals surface area contributed by atoms with Crippen LogP contribution in [0.1, 0.15) is 18.4 Å². The maximum atomic E-state index is 14.1. The van der Waals surface area contributed by atoms with Gasteiger partial charge in [-0.05, 0) is 30.9 Å². The largest absolute Gasteiger partial charge is 0.391 e. The van der Waals surface area contributed by atoms with Crippen LogP contribution in [0.3, 0.4) is 0 Å². The Kier molecular flexibility index (Phi) is 4.81. The Morgan fingerprint density at radius 1 is 1.31 bits per heavy atom. The lowest BCUT2D eigenvalue weighted by atomic mass is 10.1. The molecule has 3 aromatic rings. The van der Waals surface area contributed by atoms with Crippen LogP contribution >= 0.6 is 0 Å². The minimum atomic E-state index is -0.382. The van der Waals surface area contributed by atoms with Crippen LogP contribution in [0.25, 0.3) is 11.3 Å². The van der Waals surface area contributed by atoms with Crippen LogP contribution in [-0.4, -0.2) is 37.0 Å². The van der Waals surface area contributed by atoms with Gasteiger partial charge in [0.05, 0.1) is 24.3 Å². The van der Waals surface area contributed by atoms with E-state index in [9.17, 15) is 9.50 Å². The highest BCUT2D eigenvalue weighted by molar-refractivity contribution is 5.63. The number of rotatable bonds is 6. The van der Waals surface area contributed by atoms with Gasteiger partial charge in [0.15, 0.2) is 0 Å². The van der Waals surface area contributed by atoms with Crippen molar-refractivity contribution in [3.63, 3.8) is 0 Å². The number of nitrogens with zero attached hydrogens (tertiary/aromatic N) is 3. The van der Waals surface area contributed by atoms with Crippen LogP contribution in [0.5, 0.6) is 0 Å². The Hall–Kier alpha value is -2.51. The van der Waals surface area contributed by atoms with Gasteiger partial charge in [0.25, 0.3) is 0 Å². The monoisotopic (exact) mass is 355 g/mol. The number of H-pyrrole nitrogens is 1. The van der Waals surface area contributed by atoms with E-state index >= 15 is 0 Å². The molecule has 0 radical (unpaired) electrons. The molecule has 3 N–H and O–H groups in total. The van der Waals surface area contributed by atoms with Crippen molar-refractivity contribution in [3.8, 4) is 11.3 Å². The number of nitrogens with one attached hydrogen (secondary N) is 2. The number of aliphatic hydroxyl groups is 1. The molecule has 1 fully saturated rings. The Morgan fingerprint density at radius 2 is 2.19 bits per heavy atom. The molecule has 1 aliphatic rings. The van der Waals surface area contributed by atoms with Crippen LogP contribution < -0.4 is 5.32 Å². The highest BCUT2D eigenvalue weighted by atomic mass is 19.1. The summed E-state index contributed by atoms with van der Waals surface area (Å²) >= 11 is 0. The zero-order valence-electron chi connectivity index (χ0n) is 14.3. The molecule has 2 heterocycles. The molecule has 0 bridgehead atoms. The van der Waals surface area contributed by atoms with Crippen molar-refractivity contribution < 1.29 is 9.50 Å². The quantitative estimate of drug-likeness (QED) is 0.634. The second-order valence-corrected chi connectivity index (χ2v) is 6.90. The summed E-state index contributed by atoms with van der Waals surface area (Å²) in [5, 5.41) is 20.7. The molecule has 26 heavy (non-hydrogen) atoms. The van der Waals surface area contributed by atoms with Gasteiger partial charge in [0.1, 0.15) is 5.82 Å². The van der Waals surface area contributed by atoms with Gasteiger partial charge in [0.2, 0.25) is 0 Å². The number of aliphatic hydroxyl groups excluding tert-OH is 1. The SMILES string of the molecule is O[C@@H]1CC(Cn2ccnc2)C[C@H]1NCc1cn[nH]c1-c1ccccc1F. The Bertz CT molecular complexity index is 847. The summed E-state index contributed by atoms with van der Waals surface area (Å²) in [4.78, 5) is 4.06. The van der Waals surface area contributed by atoms with E-state index in [2.05, 4.69) is 20.5 Å². The van der Waals surface area contributed by atoms with Gasteiger partial charge in [0, 0.05) is 42.7 Å². The van der Waals surface area contributed by atoms with Gasteiger partial charge >= 0.3 is 0 Å². The number of imidazole rings is 1. The number of hydrogen-bond donors (Lipinski definition) is 3. The third kappa shape index (κ3) is 3.54. The van der Waals surface area contributed by atoms with Crippen molar-refractivity contribution in [3.05, 3.63) is 60.6 Å². The molecule has 1 aliphatic carbocycles. The standard InChI is InChI=1S/C19H22FN5O/c20-16-4-2-1-3-15(16)19-14(10-23-24-19)9-22-17-7-13(8-18(17)26)11-25-6-5-21-12-25/h1-6,10,12-13,17-18,22,26H,7-9,11H2,(H,23,24)/t13?,17-,18-/m1/s1. The first-order valence-electron chi connectivity index (χ1n) is 8.85. The first-order valence-corrected chi connectivity index (χ1v) is 8.85. The maximum Gasteiger partial charge on any atom is 0.132 e. The average molecular weight is 355 g/mol. The second kappa shape index (κ2) is 7.39. The normalized spacial score (nSPS) is 22.8. The molecular weight excluding hydrogens is 333 g/mol. The fourth-order valence-electron chi connectivity index (χ4n) is 3.76. The van der Waals surface area contributed by atoms with E-state index in [1.165, 1.54) is 6.07 Å². The zero-order valence-corrected chi connectivity index (χ0v) is 14.3. The topological polar surface area (TPSA) is 78.8 Å². The number of hydrogen-bond acceptors (Lipinski definition) is 4. The highest BCUT2D eigenvalue weighted by Crippen LogP contribution is 2.29. The fraction of sp³-hybridized carbons (Fsp3) is 0.368. The van der Waals surface area contributed by atoms with Crippen molar-refractivity contribution in [2.45, 2.75) is 38.1 Å². The highest BCUT2D eigenvalue weighted by Gasteiger charge is 2.32. The van der Waals surface area contributed by atoms with Crippen LogP contribution in [0.4, 0.5) is 4.39 Å². The first-order chi connectivity index (χ1) is 12.7. The van der Waals surface area contributed by atoms with Gasteiger partial charge in [-0.2, -0.15) is 5.10 Å². The molecule has 4 rings (SSSR count). The van der Waals surface area contributed by atoms with E-state index in [1.54, 1.807) is 36.9 Å². The second-order valence-electron chi connectivity index (χ2n) is 6.90. The molecule has 0 aliphatic heterocycles. The molecule has 1 aromatic carbocycles. The van der Waals surface area contributed by atoms with Gasteiger partial charge in [-0.1, -0.05) is 12.1 Å². The Balaban J connectivity index is 1.39. The molecule has 0 amide bonds. The van der Waals surface area contributed by atoms with E-state index in [1.807, 2.05) is 10.8 Å². The van der Waals surface area contributed by atoms with Crippen molar-refractivity contribution in [1.82, 2.24) is 25.1 Å². The number of aromatic amines is 1. The molecule has 6 nitrogen and oxygen atoms in total. The molecule has 7 heteroatoms. The molecule has 1 unspecified atom stereocenters. The lowest BCUT2D eigenvalue weighted by Crippen LogP contribution is -2.35. The van der Waals surface area contributed by atoms with Crippen LogP contribution in [0.15, 0.2) is 49.2 Å². The lowest BCUT2D eigenvalue weighted by molar-refractivity contribution is 0.145. The third-order valence-electron chi connectivity index (χ3n) is 5.07. The molecule has 136 valence electrons. The smallest absolute Gasteiger partial charge is 0.132 e. The molecule has 0 spiro atoms. The summed E-state index contributed by atoms with van der Waals surface area (Å²) in [5.41, 5.74) is 2.07. The summed E-state index contributed by atoms with van der Waals surface area (Å²) in [5.74, 6) is 0.131. The number of halogens is 1. The van der Waals surface area contributed by atoms with Crippen molar-refractivity contribution >= 4 is 0 Å². The van der Waals surface area contributed by atoms with Gasteiger partial charge in [-0.25, -0.2) is 9.37 Å². The summed E-state index contributed by atoms with van der Waals surface area (Å²) < 4.78 is 16.1. The predicted octanol–water partition coefficient (Wildman–Crippen LogP) is 2.34. The van der Waals surface area contributed by atoms with Gasteiger partial charge < -0.3 is 15.0 Å². The van der Waals surface area contributed by atoms with Gasteiger partial charge in [-0.15, -0.1) is 0 Å². The molecule has 3 atom stereocenters. The Morgan fingerprint density at radius 3 is 3.00 bits per heavy atom. The van der Waals surface area contributed by atoms with E-state index < -0.39 is 0 Å². The molecule has 1 saturated carbocycles. The summed E-state index contributed by atoms with van der Waals surface area (Å²) in [6.07, 6.45) is 8.50. The Labute approximate surface area is 151 Å². The van der Waals surface area contributed by atoms with Crippen LogP contribution in [0, 0.1) is 11.7 Å². The van der Waals surface area contributed by atoms with Crippen molar-refractivity contribution in [2.75, 3.05) is 0 Å². The third-order valence-corrected chi connectivity index (χ3v) is 5.07. The van der Waals surface area contributed by atoms with Gasteiger partial charge in [-0.3, -0.25) is 5.10 Å². The van der Waals surface area contributed by atoms with E-state index in [0.29, 0.717) is 23.7 Å². The lowest BCUT2D eigenvalue weighted by Gasteiger charge is -2.16. The van der Waals surface area contributed by atoms with E-state index in [0.717, 1.165) is 24.9 Å². The average Bonchev–Trinajstić information content (AvgIpc) is 3.36. The summed E-state index contributed by atoms with van der Waals surface area (Å²) in [7, 11) is 0. The predicted molar refractivity (Wildman–Crippen MR) is 95.6 cm³/mol. The first kappa shape index (κ1) is 16.9. The molecule has 0 saturated heterocycles. The van der Waals surface area contributed by atoms with Crippen LogP contribution in [0.2, 0.25) is 0 Å². The summed E-state index contributed by atoms with van der Waals surface area (Å²) in [6, 6.07) is 6.67. The zero-order chi connectivity index (χ0) is 17.9. The minimum Gasteiger partial charge on any atom is -0.391 e. The van der Waals surface area contributed by atoms with Crippen molar-refractivity contribution in [2.24, 2.45) is 5.92 Å². The maximum absolute atomic E-state index is 14.1. The minimum absolute atomic E-state index is 0.0203. The molecular formula is C19H22FN5O. The van der Waals surface area contributed by atoms with Crippen molar-refractivity contribution in [1.29, 1.82) is 0 Å². The fourth-order valence-corrected chi connectivity index (χ4v) is 3.76. The summed E-state index contributed by atoms with van der Waals surface area (Å²) in [6.45, 7) is 1.39. The number of benzene rings is 1. The molecule has 2 aromatic heterocycles. The van der Waals surface area contributed by atoms with E-state index in [4.69, 9.17) is 0 Å². The van der Waals surface area contributed by atoms with Crippen LogP contribution in [-0.2, 0) is 13.1 Å². The number of aromatic nitrogens is 4. The van der Waals surface area contributed by atoms with E-state index in [-0.39, 0.29) is 18.0 Å².